The number of rotatable bonds is 7. The largest absolute Gasteiger partial charge is 0.391 e. The molecule has 7 nitrogen and oxygen atoms in total. The minimum absolute atomic E-state index is 0.0497. The average molecular weight is 482 g/mol. The van der Waals surface area contributed by atoms with Crippen LogP contribution in [0, 0.1) is 12.8 Å². The number of likely N-dealkylation sites (tertiary alicyclic amines) is 1. The maximum absolute atomic E-state index is 13.4. The van der Waals surface area contributed by atoms with Crippen molar-refractivity contribution in [1.29, 1.82) is 0 Å². The highest BCUT2D eigenvalue weighted by molar-refractivity contribution is 7.13. The Bertz CT molecular complexity index is 1120. The van der Waals surface area contributed by atoms with Gasteiger partial charge in [0.15, 0.2) is 0 Å². The molecule has 4 atom stereocenters. The Morgan fingerprint density at radius 2 is 1.91 bits per heavy atom. The van der Waals surface area contributed by atoms with Gasteiger partial charge in [-0.05, 0) is 47.9 Å². The lowest BCUT2D eigenvalue weighted by Gasteiger charge is -2.29. The first-order valence-electron chi connectivity index (χ1n) is 11.6. The van der Waals surface area contributed by atoms with E-state index < -0.39 is 18.1 Å². The maximum atomic E-state index is 13.4. The molecule has 0 bridgehead atoms. The van der Waals surface area contributed by atoms with Gasteiger partial charge in [-0.1, -0.05) is 43.3 Å². The van der Waals surface area contributed by atoms with E-state index in [0.29, 0.717) is 5.76 Å². The number of aryl methyl sites for hydroxylation is 1. The first kappa shape index (κ1) is 24.2. The summed E-state index contributed by atoms with van der Waals surface area (Å²) in [6, 6.07) is 11.0. The summed E-state index contributed by atoms with van der Waals surface area (Å²) in [4.78, 5) is 29.4. The number of nitrogens with one attached hydrogen (secondary N) is 1. The second-order valence-corrected chi connectivity index (χ2v) is 10.2. The standard InChI is InChI=1S/C26H31N3O4S/c1-15(2)23(22-9-11-27-33-22)26(32)29-14-20(30)13-21(29)25(31)28-17(4)18-5-7-19(8-6-18)24-16(3)10-12-34-24/h5-12,15,17,20-21,23,30H,13-14H2,1-4H3,(H,28,31)/t17-,20+,21-,23+/m0/s1. The number of carbonyl (C=O) groups excluding carboxylic acids is 2. The number of aromatic nitrogens is 1. The number of nitrogens with zero attached hydrogens (tertiary/aromatic N) is 2. The molecule has 8 heteroatoms. The number of aliphatic hydroxyl groups excluding tert-OH is 1. The molecule has 180 valence electrons. The first-order valence-corrected chi connectivity index (χ1v) is 12.5. The van der Waals surface area contributed by atoms with Gasteiger partial charge in [0.05, 0.1) is 18.3 Å². The van der Waals surface area contributed by atoms with Crippen molar-refractivity contribution in [2.45, 2.75) is 58.2 Å². The number of hydrogen-bond acceptors (Lipinski definition) is 6. The second kappa shape index (κ2) is 10.1. The van der Waals surface area contributed by atoms with E-state index in [-0.39, 0.29) is 36.7 Å². The van der Waals surface area contributed by atoms with Gasteiger partial charge in [-0.25, -0.2) is 0 Å². The zero-order chi connectivity index (χ0) is 24.4. The average Bonchev–Trinajstić information content (AvgIpc) is 3.55. The van der Waals surface area contributed by atoms with Crippen molar-refractivity contribution in [2.75, 3.05) is 6.54 Å². The fourth-order valence-corrected chi connectivity index (χ4v) is 5.52. The van der Waals surface area contributed by atoms with Crippen LogP contribution in [0.5, 0.6) is 0 Å². The summed E-state index contributed by atoms with van der Waals surface area (Å²) in [5, 5.41) is 19.1. The Morgan fingerprint density at radius 3 is 2.50 bits per heavy atom. The molecule has 1 saturated heterocycles. The summed E-state index contributed by atoms with van der Waals surface area (Å²) in [6.07, 6.45) is 0.974. The van der Waals surface area contributed by atoms with Crippen LogP contribution in [-0.4, -0.2) is 45.7 Å². The Morgan fingerprint density at radius 1 is 1.18 bits per heavy atom. The van der Waals surface area contributed by atoms with E-state index in [1.807, 2.05) is 32.9 Å². The molecule has 3 heterocycles. The Kier molecular flexibility index (Phi) is 7.19. The first-order chi connectivity index (χ1) is 16.3. The minimum Gasteiger partial charge on any atom is -0.391 e. The van der Waals surface area contributed by atoms with E-state index in [4.69, 9.17) is 4.52 Å². The number of benzene rings is 1. The molecular formula is C26H31N3O4S. The van der Waals surface area contributed by atoms with Crippen LogP contribution >= 0.6 is 11.3 Å². The summed E-state index contributed by atoms with van der Waals surface area (Å²) < 4.78 is 5.27. The number of thiophene rings is 1. The van der Waals surface area contributed by atoms with Gasteiger partial charge in [0, 0.05) is 23.9 Å². The number of amides is 2. The van der Waals surface area contributed by atoms with Crippen molar-refractivity contribution >= 4 is 23.2 Å². The van der Waals surface area contributed by atoms with Crippen molar-refractivity contribution in [2.24, 2.45) is 5.92 Å². The number of aliphatic hydroxyl groups is 1. The monoisotopic (exact) mass is 481 g/mol. The second-order valence-electron chi connectivity index (χ2n) is 9.32. The minimum atomic E-state index is -0.745. The van der Waals surface area contributed by atoms with Gasteiger partial charge in [0.25, 0.3) is 0 Å². The third-order valence-electron chi connectivity index (χ3n) is 6.46. The fourth-order valence-electron chi connectivity index (χ4n) is 4.59. The summed E-state index contributed by atoms with van der Waals surface area (Å²) >= 11 is 1.71. The molecule has 4 rings (SSSR count). The third kappa shape index (κ3) is 4.93. The van der Waals surface area contributed by atoms with Crippen molar-refractivity contribution < 1.29 is 19.2 Å². The Hall–Kier alpha value is -2.97. The van der Waals surface area contributed by atoms with Crippen LogP contribution in [0.25, 0.3) is 10.4 Å². The van der Waals surface area contributed by atoms with E-state index in [9.17, 15) is 14.7 Å². The van der Waals surface area contributed by atoms with Gasteiger partial charge in [-0.2, -0.15) is 0 Å². The Labute approximate surface area is 203 Å². The van der Waals surface area contributed by atoms with Gasteiger partial charge < -0.3 is 19.8 Å². The van der Waals surface area contributed by atoms with Crippen LogP contribution in [0.2, 0.25) is 0 Å². The highest BCUT2D eigenvalue weighted by Crippen LogP contribution is 2.32. The normalized spacial score (nSPS) is 19.9. The number of β-amino-alcohol motifs (C(OH)–C–C–N with tert-alkyl or cyclic N) is 1. The molecule has 0 aliphatic carbocycles. The maximum Gasteiger partial charge on any atom is 0.243 e. The summed E-state index contributed by atoms with van der Waals surface area (Å²) in [5.41, 5.74) is 3.37. The van der Waals surface area contributed by atoms with Gasteiger partial charge in [-0.3, -0.25) is 9.59 Å². The van der Waals surface area contributed by atoms with Gasteiger partial charge in [-0.15, -0.1) is 11.3 Å². The molecule has 1 aromatic carbocycles. The van der Waals surface area contributed by atoms with Crippen LogP contribution < -0.4 is 5.32 Å². The predicted molar refractivity (Wildman–Crippen MR) is 131 cm³/mol. The summed E-state index contributed by atoms with van der Waals surface area (Å²) in [7, 11) is 0. The molecule has 0 saturated carbocycles. The molecule has 1 aliphatic rings. The smallest absolute Gasteiger partial charge is 0.243 e. The lowest BCUT2D eigenvalue weighted by Crippen LogP contribution is -2.48. The molecular weight excluding hydrogens is 450 g/mol. The molecule has 2 amide bonds. The predicted octanol–water partition coefficient (Wildman–Crippen LogP) is 4.29. The van der Waals surface area contributed by atoms with Crippen molar-refractivity contribution in [3.05, 3.63) is 64.9 Å². The van der Waals surface area contributed by atoms with Crippen LogP contribution in [-0.2, 0) is 9.59 Å². The summed E-state index contributed by atoms with van der Waals surface area (Å²) in [6.45, 7) is 7.99. The zero-order valence-electron chi connectivity index (χ0n) is 19.9. The van der Waals surface area contributed by atoms with Crippen LogP contribution in [0.3, 0.4) is 0 Å². The quantitative estimate of drug-likeness (QED) is 0.525. The van der Waals surface area contributed by atoms with E-state index in [1.165, 1.54) is 21.5 Å². The Balaban J connectivity index is 1.47. The van der Waals surface area contributed by atoms with Crippen LogP contribution in [0.4, 0.5) is 0 Å². The van der Waals surface area contributed by atoms with Crippen molar-refractivity contribution in [3.63, 3.8) is 0 Å². The molecule has 34 heavy (non-hydrogen) atoms. The number of hydrogen-bond donors (Lipinski definition) is 2. The van der Waals surface area contributed by atoms with Crippen molar-refractivity contribution in [3.8, 4) is 10.4 Å². The van der Waals surface area contributed by atoms with E-state index >= 15 is 0 Å². The highest BCUT2D eigenvalue weighted by Gasteiger charge is 2.43. The van der Waals surface area contributed by atoms with E-state index in [0.717, 1.165) is 11.1 Å². The van der Waals surface area contributed by atoms with Gasteiger partial charge >= 0.3 is 0 Å². The zero-order valence-corrected chi connectivity index (χ0v) is 20.7. The molecule has 0 radical (unpaired) electrons. The summed E-state index contributed by atoms with van der Waals surface area (Å²) in [5.74, 6) is -0.641. The molecule has 0 unspecified atom stereocenters. The van der Waals surface area contributed by atoms with Crippen molar-refractivity contribution in [1.82, 2.24) is 15.4 Å². The van der Waals surface area contributed by atoms with E-state index in [1.54, 1.807) is 17.4 Å². The molecule has 3 aromatic rings. The molecule has 2 aromatic heterocycles. The van der Waals surface area contributed by atoms with Gasteiger partial charge in [0.2, 0.25) is 11.8 Å². The molecule has 2 N–H and O–H groups in total. The van der Waals surface area contributed by atoms with E-state index in [2.05, 4.69) is 41.0 Å². The lowest BCUT2D eigenvalue weighted by molar-refractivity contribution is -0.141. The fraction of sp³-hybridized carbons (Fsp3) is 0.423. The highest BCUT2D eigenvalue weighted by atomic mass is 32.1. The van der Waals surface area contributed by atoms with Crippen LogP contribution in [0.15, 0.2) is 52.5 Å². The van der Waals surface area contributed by atoms with Gasteiger partial charge in [0.1, 0.15) is 17.7 Å². The van der Waals surface area contributed by atoms with Crippen LogP contribution in [0.1, 0.15) is 56.0 Å². The SMILES string of the molecule is Cc1ccsc1-c1ccc([C@H](C)NC(=O)[C@@H]2C[C@@H](O)CN2C(=O)[C@@H](c2ccno2)C(C)C)cc1. The molecule has 0 spiro atoms. The number of carbonyl (C=O) groups is 2. The third-order valence-corrected chi connectivity index (χ3v) is 7.52. The topological polar surface area (TPSA) is 95.7 Å². The lowest BCUT2D eigenvalue weighted by atomic mass is 9.91. The molecule has 1 fully saturated rings. The molecule has 1 aliphatic heterocycles.